The van der Waals surface area contributed by atoms with Gasteiger partial charge in [-0.25, -0.2) is 0 Å². The smallest absolute Gasteiger partial charge is 0.459 e. The highest BCUT2D eigenvalue weighted by Gasteiger charge is 2.30. The van der Waals surface area contributed by atoms with Gasteiger partial charge < -0.3 is 25.1 Å². The highest BCUT2D eigenvalue weighted by Crippen LogP contribution is 2.23. The number of amides is 3. The van der Waals surface area contributed by atoms with Crippen LogP contribution in [0.2, 0.25) is 0 Å². The van der Waals surface area contributed by atoms with Crippen molar-refractivity contribution >= 4 is 23.4 Å². The van der Waals surface area contributed by atoms with E-state index in [1.165, 1.54) is 30.5 Å². The van der Waals surface area contributed by atoms with E-state index in [0.29, 0.717) is 0 Å². The number of carbonyl (C=O) groups is 3. The SMILES string of the molecule is O=C(CNC(=O)c1ccco1)NCC(=O)Nc1ccc(OC(F)(F)F)cc1. The van der Waals surface area contributed by atoms with Crippen molar-refractivity contribution in [1.29, 1.82) is 0 Å². The number of ether oxygens (including phenoxy) is 1. The number of furan rings is 1. The molecular weight excluding hydrogens is 371 g/mol. The minimum absolute atomic E-state index is 0.0403. The summed E-state index contributed by atoms with van der Waals surface area (Å²) in [6, 6.07) is 7.43. The molecule has 0 aliphatic heterocycles. The topological polar surface area (TPSA) is 110 Å². The fraction of sp³-hybridized carbons (Fsp3) is 0.188. The number of hydrogen-bond donors (Lipinski definition) is 3. The van der Waals surface area contributed by atoms with Gasteiger partial charge in [0, 0.05) is 5.69 Å². The standard InChI is InChI=1S/C16H14F3N3O5/c17-16(18,19)27-11-5-3-10(4-6-11)22-14(24)9-20-13(23)8-21-15(25)12-2-1-7-26-12/h1-7H,8-9H2,(H,20,23)(H,21,25)(H,22,24). The van der Waals surface area contributed by atoms with Crippen LogP contribution in [-0.4, -0.2) is 37.2 Å². The monoisotopic (exact) mass is 385 g/mol. The van der Waals surface area contributed by atoms with Gasteiger partial charge in [-0.1, -0.05) is 0 Å². The van der Waals surface area contributed by atoms with Gasteiger partial charge >= 0.3 is 6.36 Å². The van der Waals surface area contributed by atoms with Crippen molar-refractivity contribution in [2.24, 2.45) is 0 Å². The van der Waals surface area contributed by atoms with Gasteiger partial charge in [-0.15, -0.1) is 13.2 Å². The molecule has 2 rings (SSSR count). The second-order valence-corrected chi connectivity index (χ2v) is 5.06. The number of alkyl halides is 3. The van der Waals surface area contributed by atoms with E-state index in [1.807, 2.05) is 0 Å². The number of anilines is 1. The fourth-order valence-corrected chi connectivity index (χ4v) is 1.84. The van der Waals surface area contributed by atoms with Gasteiger partial charge in [-0.3, -0.25) is 14.4 Å². The van der Waals surface area contributed by atoms with E-state index in [4.69, 9.17) is 4.42 Å². The fourth-order valence-electron chi connectivity index (χ4n) is 1.84. The first kappa shape index (κ1) is 19.8. The van der Waals surface area contributed by atoms with Crippen LogP contribution < -0.4 is 20.7 Å². The van der Waals surface area contributed by atoms with Crippen LogP contribution in [-0.2, 0) is 9.59 Å². The molecule has 0 spiro atoms. The van der Waals surface area contributed by atoms with Crippen molar-refractivity contribution in [2.75, 3.05) is 18.4 Å². The summed E-state index contributed by atoms with van der Waals surface area (Å²) in [6.45, 7) is -0.757. The Morgan fingerprint density at radius 1 is 0.963 bits per heavy atom. The van der Waals surface area contributed by atoms with E-state index in [0.717, 1.165) is 12.1 Å². The second kappa shape index (κ2) is 8.74. The maximum absolute atomic E-state index is 12.1. The highest BCUT2D eigenvalue weighted by molar-refractivity contribution is 5.96. The third kappa shape index (κ3) is 7.10. The lowest BCUT2D eigenvalue weighted by Gasteiger charge is -2.10. The largest absolute Gasteiger partial charge is 0.573 e. The third-order valence-corrected chi connectivity index (χ3v) is 2.97. The lowest BCUT2D eigenvalue weighted by atomic mass is 10.3. The van der Waals surface area contributed by atoms with Gasteiger partial charge in [-0.05, 0) is 36.4 Å². The molecule has 1 heterocycles. The third-order valence-electron chi connectivity index (χ3n) is 2.97. The number of halogens is 3. The minimum atomic E-state index is -4.80. The minimum Gasteiger partial charge on any atom is -0.459 e. The van der Waals surface area contributed by atoms with E-state index in [9.17, 15) is 27.6 Å². The van der Waals surface area contributed by atoms with E-state index >= 15 is 0 Å². The van der Waals surface area contributed by atoms with Crippen LogP contribution in [0, 0.1) is 0 Å². The normalized spacial score (nSPS) is 10.8. The summed E-state index contributed by atoms with van der Waals surface area (Å²) in [6.07, 6.45) is -3.50. The summed E-state index contributed by atoms with van der Waals surface area (Å²) in [4.78, 5) is 34.9. The Hall–Kier alpha value is -3.50. The molecule has 1 aromatic heterocycles. The predicted molar refractivity (Wildman–Crippen MR) is 85.8 cm³/mol. The van der Waals surface area contributed by atoms with E-state index in [2.05, 4.69) is 20.7 Å². The molecule has 1 aromatic carbocycles. The van der Waals surface area contributed by atoms with Crippen LogP contribution in [0.15, 0.2) is 47.1 Å². The molecule has 2 aromatic rings. The molecular formula is C16H14F3N3O5. The molecule has 11 heteroatoms. The summed E-state index contributed by atoms with van der Waals surface area (Å²) in [5.74, 6) is -2.19. The number of benzene rings is 1. The Labute approximate surface area is 150 Å². The number of rotatable bonds is 7. The summed E-state index contributed by atoms with van der Waals surface area (Å²) >= 11 is 0. The summed E-state index contributed by atoms with van der Waals surface area (Å²) in [5.41, 5.74) is 0.217. The molecule has 0 fully saturated rings. The molecule has 0 aliphatic rings. The highest BCUT2D eigenvalue weighted by atomic mass is 19.4. The zero-order valence-electron chi connectivity index (χ0n) is 13.6. The molecule has 3 amide bonds. The van der Waals surface area contributed by atoms with Crippen LogP contribution in [0.25, 0.3) is 0 Å². The summed E-state index contributed by atoms with van der Waals surface area (Å²) in [7, 11) is 0. The van der Waals surface area contributed by atoms with Crippen molar-refractivity contribution in [3.05, 3.63) is 48.4 Å². The Kier molecular flexibility index (Phi) is 6.41. The zero-order valence-corrected chi connectivity index (χ0v) is 13.6. The molecule has 0 saturated heterocycles. The van der Waals surface area contributed by atoms with Crippen LogP contribution in [0.5, 0.6) is 5.75 Å². The number of hydrogen-bond acceptors (Lipinski definition) is 5. The van der Waals surface area contributed by atoms with Crippen LogP contribution >= 0.6 is 0 Å². The Bertz CT molecular complexity index is 789. The molecule has 0 saturated carbocycles. The quantitative estimate of drug-likeness (QED) is 0.672. The van der Waals surface area contributed by atoms with E-state index < -0.39 is 36.4 Å². The van der Waals surface area contributed by atoms with Crippen molar-refractivity contribution in [3.8, 4) is 5.75 Å². The zero-order chi connectivity index (χ0) is 19.9. The molecule has 3 N–H and O–H groups in total. The molecule has 144 valence electrons. The molecule has 0 bridgehead atoms. The Balaban J connectivity index is 1.70. The first-order valence-electron chi connectivity index (χ1n) is 7.47. The average Bonchev–Trinajstić information content (AvgIpc) is 3.13. The molecule has 27 heavy (non-hydrogen) atoms. The van der Waals surface area contributed by atoms with Gasteiger partial charge in [0.25, 0.3) is 5.91 Å². The van der Waals surface area contributed by atoms with Crippen LogP contribution in [0.4, 0.5) is 18.9 Å². The van der Waals surface area contributed by atoms with Crippen LogP contribution in [0.1, 0.15) is 10.6 Å². The van der Waals surface area contributed by atoms with Crippen molar-refractivity contribution in [1.82, 2.24) is 10.6 Å². The van der Waals surface area contributed by atoms with Crippen molar-refractivity contribution in [3.63, 3.8) is 0 Å². The van der Waals surface area contributed by atoms with Crippen LogP contribution in [0.3, 0.4) is 0 Å². The Morgan fingerprint density at radius 3 is 2.22 bits per heavy atom. The molecule has 8 nitrogen and oxygen atoms in total. The molecule has 0 aliphatic carbocycles. The lowest BCUT2D eigenvalue weighted by Crippen LogP contribution is -2.40. The predicted octanol–water partition coefficient (Wildman–Crippen LogP) is 1.66. The lowest BCUT2D eigenvalue weighted by molar-refractivity contribution is -0.274. The summed E-state index contributed by atoms with van der Waals surface area (Å²) < 4.78 is 44.7. The molecule has 0 radical (unpaired) electrons. The summed E-state index contributed by atoms with van der Waals surface area (Å²) in [5, 5.41) is 6.96. The first-order valence-corrected chi connectivity index (χ1v) is 7.47. The average molecular weight is 385 g/mol. The molecule has 0 atom stereocenters. The van der Waals surface area contributed by atoms with Gasteiger partial charge in [0.1, 0.15) is 5.75 Å². The van der Waals surface area contributed by atoms with E-state index in [-0.39, 0.29) is 18.0 Å². The Morgan fingerprint density at radius 2 is 1.63 bits per heavy atom. The first-order chi connectivity index (χ1) is 12.7. The van der Waals surface area contributed by atoms with Crippen molar-refractivity contribution in [2.45, 2.75) is 6.36 Å². The van der Waals surface area contributed by atoms with Gasteiger partial charge in [0.15, 0.2) is 5.76 Å². The number of nitrogens with one attached hydrogen (secondary N) is 3. The number of carbonyl (C=O) groups excluding carboxylic acids is 3. The van der Waals surface area contributed by atoms with Gasteiger partial charge in [-0.2, -0.15) is 0 Å². The maximum Gasteiger partial charge on any atom is 0.573 e. The van der Waals surface area contributed by atoms with E-state index in [1.54, 1.807) is 0 Å². The maximum atomic E-state index is 12.1. The van der Waals surface area contributed by atoms with Gasteiger partial charge in [0.05, 0.1) is 19.4 Å². The van der Waals surface area contributed by atoms with Crippen molar-refractivity contribution < 1.29 is 36.7 Å². The second-order valence-electron chi connectivity index (χ2n) is 5.06. The molecule has 0 unspecified atom stereocenters. The van der Waals surface area contributed by atoms with Gasteiger partial charge in [0.2, 0.25) is 11.8 Å².